The van der Waals surface area contributed by atoms with Gasteiger partial charge in [0.25, 0.3) is 0 Å². The van der Waals surface area contributed by atoms with E-state index in [1.807, 2.05) is 0 Å². The largest absolute Gasteiger partial charge is 0.396 e. The molecule has 0 bridgehead atoms. The number of hydrogen-bond donors (Lipinski definition) is 1. The molecule has 1 aliphatic rings. The van der Waals surface area contributed by atoms with Gasteiger partial charge in [0.1, 0.15) is 0 Å². The topological polar surface area (TPSA) is 20.2 Å². The SMILES string of the molecule is C[C@@H]1C[C]1CO. The van der Waals surface area contributed by atoms with E-state index in [0.717, 1.165) is 12.3 Å². The maximum Gasteiger partial charge on any atom is 0.0496 e. The first kappa shape index (κ1) is 4.13. The van der Waals surface area contributed by atoms with Crippen LogP contribution in [0.25, 0.3) is 0 Å². The van der Waals surface area contributed by atoms with Crippen LogP contribution in [0, 0.1) is 11.8 Å². The Kier molecular flexibility index (Phi) is 0.845. The van der Waals surface area contributed by atoms with E-state index < -0.39 is 0 Å². The first-order valence-corrected chi connectivity index (χ1v) is 2.30. The van der Waals surface area contributed by atoms with E-state index in [9.17, 15) is 0 Å². The molecule has 0 aliphatic heterocycles. The first-order valence-electron chi connectivity index (χ1n) is 2.30. The molecule has 35 valence electrons. The summed E-state index contributed by atoms with van der Waals surface area (Å²) in [5.74, 6) is 2.05. The maximum atomic E-state index is 8.34. The molecule has 0 heterocycles. The Morgan fingerprint density at radius 3 is 2.50 bits per heavy atom. The minimum atomic E-state index is 0.321. The van der Waals surface area contributed by atoms with Gasteiger partial charge >= 0.3 is 0 Å². The van der Waals surface area contributed by atoms with Crippen molar-refractivity contribution in [2.24, 2.45) is 5.92 Å². The quantitative estimate of drug-likeness (QED) is 0.494. The highest BCUT2D eigenvalue weighted by molar-refractivity contribution is 5.11. The summed E-state index contributed by atoms with van der Waals surface area (Å²) in [4.78, 5) is 0. The van der Waals surface area contributed by atoms with E-state index in [1.54, 1.807) is 0 Å². The predicted octanol–water partition coefficient (Wildman–Crippen LogP) is 0.593. The minimum Gasteiger partial charge on any atom is -0.396 e. The molecule has 1 aliphatic carbocycles. The molecule has 1 heteroatoms. The van der Waals surface area contributed by atoms with Crippen LogP contribution in [0.5, 0.6) is 0 Å². The fourth-order valence-electron chi connectivity index (χ4n) is 0.555. The second kappa shape index (κ2) is 1.23. The minimum absolute atomic E-state index is 0.321. The molecule has 0 aromatic heterocycles. The fraction of sp³-hybridized carbons (Fsp3) is 0.800. The lowest BCUT2D eigenvalue weighted by molar-refractivity contribution is 0.320. The molecule has 1 saturated carbocycles. The normalized spacial score (nSPS) is 34.0. The van der Waals surface area contributed by atoms with E-state index in [-0.39, 0.29) is 0 Å². The summed E-state index contributed by atoms with van der Waals surface area (Å²) in [5.41, 5.74) is 0. The third-order valence-electron chi connectivity index (χ3n) is 1.31. The Morgan fingerprint density at radius 2 is 2.50 bits per heavy atom. The van der Waals surface area contributed by atoms with Crippen LogP contribution in [0.4, 0.5) is 0 Å². The van der Waals surface area contributed by atoms with E-state index in [2.05, 4.69) is 6.92 Å². The molecule has 0 amide bonds. The van der Waals surface area contributed by atoms with Gasteiger partial charge in [0.05, 0.1) is 0 Å². The second-order valence-electron chi connectivity index (χ2n) is 1.92. The smallest absolute Gasteiger partial charge is 0.0496 e. The third kappa shape index (κ3) is 0.548. The van der Waals surface area contributed by atoms with Gasteiger partial charge in [0, 0.05) is 12.5 Å². The summed E-state index contributed by atoms with van der Waals surface area (Å²) in [6, 6.07) is 0. The lowest BCUT2D eigenvalue weighted by Gasteiger charge is -1.78. The van der Waals surface area contributed by atoms with Gasteiger partial charge in [-0.25, -0.2) is 0 Å². The highest BCUT2D eigenvalue weighted by Crippen LogP contribution is 2.39. The van der Waals surface area contributed by atoms with Crippen molar-refractivity contribution in [3.05, 3.63) is 5.92 Å². The molecule has 0 aromatic carbocycles. The Morgan fingerprint density at radius 1 is 2.00 bits per heavy atom. The maximum absolute atomic E-state index is 8.34. The molecular formula is C5H9O. The van der Waals surface area contributed by atoms with Crippen molar-refractivity contribution in [2.75, 3.05) is 6.61 Å². The molecule has 6 heavy (non-hydrogen) atoms. The second-order valence-corrected chi connectivity index (χ2v) is 1.92. The Bertz CT molecular complexity index is 49.9. The Hall–Kier alpha value is -0.0400. The van der Waals surface area contributed by atoms with Gasteiger partial charge in [0.15, 0.2) is 0 Å². The Labute approximate surface area is 38.0 Å². The van der Waals surface area contributed by atoms with Crippen molar-refractivity contribution in [1.82, 2.24) is 0 Å². The van der Waals surface area contributed by atoms with Crippen LogP contribution < -0.4 is 0 Å². The van der Waals surface area contributed by atoms with Crippen LogP contribution in [0.3, 0.4) is 0 Å². The summed E-state index contributed by atoms with van der Waals surface area (Å²) in [5, 5.41) is 8.34. The number of hydrogen-bond acceptors (Lipinski definition) is 1. The van der Waals surface area contributed by atoms with Crippen molar-refractivity contribution < 1.29 is 5.11 Å². The average molecular weight is 85.1 g/mol. The molecule has 0 aromatic rings. The molecule has 1 fully saturated rings. The van der Waals surface area contributed by atoms with Crippen LogP contribution in [-0.2, 0) is 0 Å². The zero-order valence-corrected chi connectivity index (χ0v) is 3.94. The Balaban J connectivity index is 2.09. The van der Waals surface area contributed by atoms with Gasteiger partial charge in [-0.05, 0) is 12.3 Å². The third-order valence-corrected chi connectivity index (χ3v) is 1.31. The highest BCUT2D eigenvalue weighted by Gasteiger charge is 2.31. The van der Waals surface area contributed by atoms with Crippen molar-refractivity contribution in [3.63, 3.8) is 0 Å². The standard InChI is InChI=1S/C5H9O/c1-4-2-5(4)3-6/h4,6H,2-3H2,1H3/t4-/m1/s1. The van der Waals surface area contributed by atoms with Gasteiger partial charge in [-0.1, -0.05) is 6.92 Å². The fourth-order valence-corrected chi connectivity index (χ4v) is 0.555. The molecule has 1 radical (unpaired) electrons. The lowest BCUT2D eigenvalue weighted by atomic mass is 10.4. The van der Waals surface area contributed by atoms with Crippen molar-refractivity contribution >= 4 is 0 Å². The van der Waals surface area contributed by atoms with Crippen molar-refractivity contribution in [1.29, 1.82) is 0 Å². The van der Waals surface area contributed by atoms with Crippen LogP contribution in [-0.4, -0.2) is 11.7 Å². The lowest BCUT2D eigenvalue weighted by Crippen LogP contribution is -1.80. The molecular weight excluding hydrogens is 76.1 g/mol. The van der Waals surface area contributed by atoms with Gasteiger partial charge < -0.3 is 5.11 Å². The number of rotatable bonds is 1. The summed E-state index contributed by atoms with van der Waals surface area (Å²) in [7, 11) is 0. The van der Waals surface area contributed by atoms with Crippen molar-refractivity contribution in [3.8, 4) is 0 Å². The van der Waals surface area contributed by atoms with Gasteiger partial charge in [-0.2, -0.15) is 0 Å². The number of aliphatic hydroxyl groups excluding tert-OH is 1. The highest BCUT2D eigenvalue weighted by atomic mass is 16.3. The molecule has 0 spiro atoms. The molecule has 1 N–H and O–H groups in total. The zero-order chi connectivity index (χ0) is 4.57. The number of aliphatic hydroxyl groups is 1. The molecule has 0 unspecified atom stereocenters. The average Bonchev–Trinajstić information content (AvgIpc) is 2.19. The summed E-state index contributed by atoms with van der Waals surface area (Å²) < 4.78 is 0. The summed E-state index contributed by atoms with van der Waals surface area (Å²) in [6.07, 6.45) is 1.16. The monoisotopic (exact) mass is 85.1 g/mol. The van der Waals surface area contributed by atoms with Gasteiger partial charge in [0.2, 0.25) is 0 Å². The van der Waals surface area contributed by atoms with E-state index >= 15 is 0 Å². The molecule has 1 atom stereocenters. The summed E-state index contributed by atoms with van der Waals surface area (Å²) >= 11 is 0. The zero-order valence-electron chi connectivity index (χ0n) is 3.94. The van der Waals surface area contributed by atoms with Gasteiger partial charge in [-0.3, -0.25) is 0 Å². The predicted molar refractivity (Wildman–Crippen MR) is 24.1 cm³/mol. The first-order chi connectivity index (χ1) is 2.84. The van der Waals surface area contributed by atoms with Crippen LogP contribution in [0.1, 0.15) is 13.3 Å². The van der Waals surface area contributed by atoms with Crippen LogP contribution >= 0.6 is 0 Å². The summed E-state index contributed by atoms with van der Waals surface area (Å²) in [6.45, 7) is 2.45. The van der Waals surface area contributed by atoms with Crippen molar-refractivity contribution in [2.45, 2.75) is 13.3 Å². The van der Waals surface area contributed by atoms with E-state index in [1.165, 1.54) is 5.92 Å². The van der Waals surface area contributed by atoms with E-state index in [4.69, 9.17) is 5.11 Å². The van der Waals surface area contributed by atoms with Crippen LogP contribution in [0.2, 0.25) is 0 Å². The molecule has 0 saturated heterocycles. The molecule has 1 nitrogen and oxygen atoms in total. The van der Waals surface area contributed by atoms with Crippen LogP contribution in [0.15, 0.2) is 0 Å². The molecule has 1 rings (SSSR count). The van der Waals surface area contributed by atoms with Gasteiger partial charge in [-0.15, -0.1) is 0 Å². The van der Waals surface area contributed by atoms with E-state index in [0.29, 0.717) is 6.61 Å².